The van der Waals surface area contributed by atoms with Crippen molar-refractivity contribution < 1.29 is 9.84 Å². The molecule has 1 saturated heterocycles. The van der Waals surface area contributed by atoms with Crippen LogP contribution in [0.2, 0.25) is 0 Å². The molecule has 0 bridgehead atoms. The number of aliphatic hydroxyl groups excluding tert-OH is 1. The van der Waals surface area contributed by atoms with Gasteiger partial charge in [-0.1, -0.05) is 0 Å². The van der Waals surface area contributed by atoms with Crippen LogP contribution in [-0.4, -0.2) is 56.6 Å². The van der Waals surface area contributed by atoms with E-state index < -0.39 is 0 Å². The highest BCUT2D eigenvalue weighted by molar-refractivity contribution is 5.47. The topological polar surface area (TPSA) is 75.8 Å². The summed E-state index contributed by atoms with van der Waals surface area (Å²) in [6.45, 7) is 5.35. The molecule has 2 aromatic rings. The van der Waals surface area contributed by atoms with Gasteiger partial charge in [0.25, 0.3) is 5.78 Å². The lowest BCUT2D eigenvalue weighted by molar-refractivity contribution is -0.0423. The number of fused-ring (bicyclic) bond motifs is 1. The van der Waals surface area contributed by atoms with Gasteiger partial charge in [-0.25, -0.2) is 4.98 Å². The van der Waals surface area contributed by atoms with E-state index in [1.165, 1.54) is 6.33 Å². The first-order valence-electron chi connectivity index (χ1n) is 6.36. The second-order valence-electron chi connectivity index (χ2n) is 4.88. The fourth-order valence-corrected chi connectivity index (χ4v) is 2.47. The molecule has 0 radical (unpaired) electrons. The SMILES string of the molecule is Cc1cc(N2CC(C)OC(CO)C2)n2ncnc2n1. The molecule has 7 heteroatoms. The molecule has 3 rings (SSSR count). The molecule has 102 valence electrons. The summed E-state index contributed by atoms with van der Waals surface area (Å²) < 4.78 is 7.38. The van der Waals surface area contributed by atoms with Crippen molar-refractivity contribution in [1.29, 1.82) is 0 Å². The summed E-state index contributed by atoms with van der Waals surface area (Å²) in [6, 6.07) is 1.98. The Labute approximate surface area is 110 Å². The number of anilines is 1. The molecular weight excluding hydrogens is 246 g/mol. The Hall–Kier alpha value is -1.73. The van der Waals surface area contributed by atoms with Crippen LogP contribution in [0.4, 0.5) is 5.82 Å². The summed E-state index contributed by atoms with van der Waals surface area (Å²) >= 11 is 0. The number of aryl methyl sites for hydroxylation is 1. The van der Waals surface area contributed by atoms with Crippen molar-refractivity contribution in [3.63, 3.8) is 0 Å². The number of hydrogen-bond donors (Lipinski definition) is 1. The summed E-state index contributed by atoms with van der Waals surface area (Å²) in [7, 11) is 0. The number of ether oxygens (including phenoxy) is 1. The van der Waals surface area contributed by atoms with Gasteiger partial charge in [-0.3, -0.25) is 0 Å². The van der Waals surface area contributed by atoms with Crippen molar-refractivity contribution in [2.45, 2.75) is 26.1 Å². The predicted octanol–water partition coefficient (Wildman–Crippen LogP) is 0.0187. The minimum Gasteiger partial charge on any atom is -0.394 e. The van der Waals surface area contributed by atoms with Gasteiger partial charge < -0.3 is 14.7 Å². The zero-order valence-corrected chi connectivity index (χ0v) is 11.0. The molecule has 2 aromatic heterocycles. The average Bonchev–Trinajstić information content (AvgIpc) is 2.84. The van der Waals surface area contributed by atoms with E-state index in [2.05, 4.69) is 20.0 Å². The van der Waals surface area contributed by atoms with E-state index in [0.717, 1.165) is 18.1 Å². The smallest absolute Gasteiger partial charge is 0.254 e. The predicted molar refractivity (Wildman–Crippen MR) is 69.2 cm³/mol. The van der Waals surface area contributed by atoms with E-state index in [0.29, 0.717) is 12.3 Å². The second kappa shape index (κ2) is 4.75. The van der Waals surface area contributed by atoms with E-state index in [1.54, 1.807) is 4.52 Å². The highest BCUT2D eigenvalue weighted by Crippen LogP contribution is 2.21. The van der Waals surface area contributed by atoms with Gasteiger partial charge in [0, 0.05) is 24.8 Å². The number of nitrogens with zero attached hydrogens (tertiary/aromatic N) is 5. The van der Waals surface area contributed by atoms with Crippen LogP contribution < -0.4 is 4.90 Å². The maximum absolute atomic E-state index is 9.30. The monoisotopic (exact) mass is 263 g/mol. The first-order chi connectivity index (χ1) is 9.17. The normalized spacial score (nSPS) is 24.1. The van der Waals surface area contributed by atoms with Crippen LogP contribution in [-0.2, 0) is 4.74 Å². The van der Waals surface area contributed by atoms with Crippen molar-refractivity contribution in [3.05, 3.63) is 18.1 Å². The van der Waals surface area contributed by atoms with E-state index in [4.69, 9.17) is 4.74 Å². The van der Waals surface area contributed by atoms with E-state index in [1.807, 2.05) is 19.9 Å². The fraction of sp³-hybridized carbons (Fsp3) is 0.583. The lowest BCUT2D eigenvalue weighted by Gasteiger charge is -2.37. The van der Waals surface area contributed by atoms with Crippen molar-refractivity contribution in [2.24, 2.45) is 0 Å². The van der Waals surface area contributed by atoms with Crippen molar-refractivity contribution in [1.82, 2.24) is 19.6 Å². The molecule has 7 nitrogen and oxygen atoms in total. The molecule has 1 aliphatic heterocycles. The first-order valence-corrected chi connectivity index (χ1v) is 6.36. The third-order valence-corrected chi connectivity index (χ3v) is 3.22. The van der Waals surface area contributed by atoms with Gasteiger partial charge in [0.15, 0.2) is 0 Å². The summed E-state index contributed by atoms with van der Waals surface area (Å²) in [4.78, 5) is 10.6. The first kappa shape index (κ1) is 12.3. The van der Waals surface area contributed by atoms with Crippen LogP contribution in [0.1, 0.15) is 12.6 Å². The van der Waals surface area contributed by atoms with Crippen LogP contribution in [0.3, 0.4) is 0 Å². The van der Waals surface area contributed by atoms with Gasteiger partial charge in [-0.15, -0.1) is 0 Å². The molecule has 0 saturated carbocycles. The Kier molecular flexibility index (Phi) is 3.08. The number of hydrogen-bond acceptors (Lipinski definition) is 6. The summed E-state index contributed by atoms with van der Waals surface area (Å²) in [5, 5.41) is 13.5. The highest BCUT2D eigenvalue weighted by Gasteiger charge is 2.26. The third kappa shape index (κ3) is 2.26. The lowest BCUT2D eigenvalue weighted by Crippen LogP contribution is -2.48. The van der Waals surface area contributed by atoms with Crippen molar-refractivity contribution >= 4 is 11.6 Å². The Balaban J connectivity index is 2.00. The number of aliphatic hydroxyl groups is 1. The molecule has 0 spiro atoms. The second-order valence-corrected chi connectivity index (χ2v) is 4.88. The van der Waals surface area contributed by atoms with E-state index in [9.17, 15) is 5.11 Å². The Morgan fingerprint density at radius 2 is 2.32 bits per heavy atom. The summed E-state index contributed by atoms with van der Waals surface area (Å²) in [5.74, 6) is 1.53. The quantitative estimate of drug-likeness (QED) is 0.823. The fourth-order valence-electron chi connectivity index (χ4n) is 2.47. The molecule has 0 amide bonds. The molecule has 3 heterocycles. The lowest BCUT2D eigenvalue weighted by atomic mass is 10.2. The van der Waals surface area contributed by atoms with Crippen LogP contribution in [0, 0.1) is 6.92 Å². The molecular formula is C12H17N5O2. The van der Waals surface area contributed by atoms with E-state index in [-0.39, 0.29) is 18.8 Å². The van der Waals surface area contributed by atoms with Gasteiger partial charge >= 0.3 is 0 Å². The van der Waals surface area contributed by atoms with Gasteiger partial charge in [0.2, 0.25) is 0 Å². The summed E-state index contributed by atoms with van der Waals surface area (Å²) in [6.07, 6.45) is 1.40. The average molecular weight is 263 g/mol. The van der Waals surface area contributed by atoms with Gasteiger partial charge in [0.05, 0.1) is 18.8 Å². The minimum absolute atomic E-state index is 0.0193. The molecule has 1 aliphatic rings. The zero-order chi connectivity index (χ0) is 13.4. The Morgan fingerprint density at radius 3 is 3.11 bits per heavy atom. The number of aromatic nitrogens is 4. The molecule has 1 N–H and O–H groups in total. The third-order valence-electron chi connectivity index (χ3n) is 3.22. The largest absolute Gasteiger partial charge is 0.394 e. The maximum Gasteiger partial charge on any atom is 0.254 e. The van der Waals surface area contributed by atoms with Crippen molar-refractivity contribution in [3.8, 4) is 0 Å². The molecule has 2 atom stereocenters. The van der Waals surface area contributed by atoms with Gasteiger partial charge in [-0.2, -0.15) is 14.6 Å². The Bertz CT molecular complexity index is 585. The van der Waals surface area contributed by atoms with Crippen LogP contribution in [0.15, 0.2) is 12.4 Å². The van der Waals surface area contributed by atoms with Crippen LogP contribution in [0.5, 0.6) is 0 Å². The van der Waals surface area contributed by atoms with Crippen LogP contribution in [0.25, 0.3) is 5.78 Å². The van der Waals surface area contributed by atoms with Crippen molar-refractivity contribution in [2.75, 3.05) is 24.6 Å². The van der Waals surface area contributed by atoms with Gasteiger partial charge in [0.1, 0.15) is 12.1 Å². The highest BCUT2D eigenvalue weighted by atomic mass is 16.5. The number of rotatable bonds is 2. The molecule has 0 aliphatic carbocycles. The zero-order valence-electron chi connectivity index (χ0n) is 11.0. The molecule has 2 unspecified atom stereocenters. The van der Waals surface area contributed by atoms with Crippen LogP contribution >= 0.6 is 0 Å². The minimum atomic E-state index is -0.171. The molecule has 1 fully saturated rings. The standard InChI is InChI=1S/C12H17N5O2/c1-8-3-11(17-12(15-8)13-7-14-17)16-4-9(2)19-10(5-16)6-18/h3,7,9-10,18H,4-6H2,1-2H3. The summed E-state index contributed by atoms with van der Waals surface area (Å²) in [5.41, 5.74) is 0.898. The molecule has 0 aromatic carbocycles. The number of morpholine rings is 1. The maximum atomic E-state index is 9.30. The molecule has 19 heavy (non-hydrogen) atoms. The van der Waals surface area contributed by atoms with Gasteiger partial charge in [-0.05, 0) is 13.8 Å². The Morgan fingerprint density at radius 1 is 1.47 bits per heavy atom. The van der Waals surface area contributed by atoms with E-state index >= 15 is 0 Å².